The molecule has 1 atom stereocenters. The van der Waals surface area contributed by atoms with Crippen LogP contribution < -0.4 is 5.32 Å². The van der Waals surface area contributed by atoms with E-state index in [4.69, 9.17) is 23.2 Å². The van der Waals surface area contributed by atoms with Gasteiger partial charge in [0, 0.05) is 26.2 Å². The molecule has 1 heterocycles. The third kappa shape index (κ3) is 3.72. The van der Waals surface area contributed by atoms with Crippen molar-refractivity contribution in [3.63, 3.8) is 0 Å². The molecule has 1 aromatic carbocycles. The minimum Gasteiger partial charge on any atom is -0.314 e. The summed E-state index contributed by atoms with van der Waals surface area (Å²) >= 11 is 11.8. The first-order valence-corrected chi connectivity index (χ1v) is 6.43. The monoisotopic (exact) mass is 312 g/mol. The third-order valence-corrected chi connectivity index (χ3v) is 3.81. The molecule has 1 aliphatic rings. The number of halogens is 4. The van der Waals surface area contributed by atoms with Crippen LogP contribution in [0.3, 0.4) is 0 Å². The zero-order chi connectivity index (χ0) is 12.3. The van der Waals surface area contributed by atoms with Gasteiger partial charge >= 0.3 is 0 Å². The number of rotatable bonds is 3. The molecule has 0 aromatic heterocycles. The van der Waals surface area contributed by atoms with Gasteiger partial charge in [-0.25, -0.2) is 4.39 Å². The van der Waals surface area contributed by atoms with Crippen LogP contribution in [0, 0.1) is 0 Å². The zero-order valence-electron chi connectivity index (χ0n) is 9.83. The van der Waals surface area contributed by atoms with E-state index in [0.29, 0.717) is 10.0 Å². The first-order chi connectivity index (χ1) is 8.22. The Hall–Kier alpha value is -0.0600. The van der Waals surface area contributed by atoms with E-state index < -0.39 is 6.67 Å². The lowest BCUT2D eigenvalue weighted by Gasteiger charge is -2.33. The normalized spacial score (nSPS) is 18.2. The Labute approximate surface area is 123 Å². The van der Waals surface area contributed by atoms with Gasteiger partial charge in [0.1, 0.15) is 6.67 Å². The maximum Gasteiger partial charge on any atom is 0.109 e. The van der Waals surface area contributed by atoms with E-state index >= 15 is 0 Å². The second-order valence-corrected chi connectivity index (χ2v) is 4.94. The van der Waals surface area contributed by atoms with Gasteiger partial charge in [-0.3, -0.25) is 4.90 Å². The quantitative estimate of drug-likeness (QED) is 0.921. The van der Waals surface area contributed by atoms with E-state index in [2.05, 4.69) is 10.2 Å². The molecule has 18 heavy (non-hydrogen) atoms. The van der Waals surface area contributed by atoms with Crippen LogP contribution in [0.4, 0.5) is 4.39 Å². The summed E-state index contributed by atoms with van der Waals surface area (Å²) in [6.07, 6.45) is 0. The molecule has 1 saturated heterocycles. The number of piperazine rings is 1. The molecule has 6 heteroatoms. The molecule has 102 valence electrons. The molecule has 1 aliphatic heterocycles. The van der Waals surface area contributed by atoms with Gasteiger partial charge in [-0.15, -0.1) is 12.4 Å². The van der Waals surface area contributed by atoms with Crippen LogP contribution in [0.2, 0.25) is 10.0 Å². The Bertz CT molecular complexity index is 384. The SMILES string of the molecule is Cl.FC[C@@H](c1ccc(Cl)c(Cl)c1)N1CCNCC1. The van der Waals surface area contributed by atoms with Crippen LogP contribution in [0.25, 0.3) is 0 Å². The molecule has 2 rings (SSSR count). The van der Waals surface area contributed by atoms with E-state index in [0.717, 1.165) is 31.7 Å². The molecule has 1 fully saturated rings. The van der Waals surface area contributed by atoms with Gasteiger partial charge in [-0.05, 0) is 17.7 Å². The van der Waals surface area contributed by atoms with Crippen molar-refractivity contribution < 1.29 is 4.39 Å². The Morgan fingerprint density at radius 1 is 1.22 bits per heavy atom. The van der Waals surface area contributed by atoms with Crippen LogP contribution in [0.5, 0.6) is 0 Å². The van der Waals surface area contributed by atoms with E-state index in [1.807, 2.05) is 6.07 Å². The molecule has 0 aliphatic carbocycles. The highest BCUT2D eigenvalue weighted by molar-refractivity contribution is 6.42. The maximum atomic E-state index is 13.2. The molecular formula is C12H16Cl3FN2. The summed E-state index contributed by atoms with van der Waals surface area (Å²) in [5, 5.41) is 4.25. The number of nitrogens with zero attached hydrogens (tertiary/aromatic N) is 1. The first-order valence-electron chi connectivity index (χ1n) is 5.68. The molecule has 0 radical (unpaired) electrons. The second-order valence-electron chi connectivity index (χ2n) is 4.13. The van der Waals surface area contributed by atoms with Gasteiger partial charge in [0.15, 0.2) is 0 Å². The average molecular weight is 314 g/mol. The molecular weight excluding hydrogens is 298 g/mol. The fraction of sp³-hybridized carbons (Fsp3) is 0.500. The topological polar surface area (TPSA) is 15.3 Å². The number of nitrogens with one attached hydrogen (secondary N) is 1. The summed E-state index contributed by atoms with van der Waals surface area (Å²) in [6.45, 7) is 3.11. The molecule has 2 nitrogen and oxygen atoms in total. The van der Waals surface area contributed by atoms with Crippen molar-refractivity contribution in [2.24, 2.45) is 0 Å². The van der Waals surface area contributed by atoms with E-state index in [1.54, 1.807) is 12.1 Å². The van der Waals surface area contributed by atoms with E-state index in [-0.39, 0.29) is 18.4 Å². The summed E-state index contributed by atoms with van der Waals surface area (Å²) in [4.78, 5) is 2.13. The largest absolute Gasteiger partial charge is 0.314 e. The van der Waals surface area contributed by atoms with Gasteiger partial charge in [-0.2, -0.15) is 0 Å². The van der Waals surface area contributed by atoms with Crippen LogP contribution in [0.1, 0.15) is 11.6 Å². The predicted molar refractivity (Wildman–Crippen MR) is 76.9 cm³/mol. The molecule has 1 N–H and O–H groups in total. The van der Waals surface area contributed by atoms with Gasteiger partial charge in [0.05, 0.1) is 16.1 Å². The third-order valence-electron chi connectivity index (χ3n) is 3.07. The number of benzene rings is 1. The molecule has 0 unspecified atom stereocenters. The molecule has 0 bridgehead atoms. The van der Waals surface area contributed by atoms with Crippen molar-refractivity contribution in [2.75, 3.05) is 32.9 Å². The van der Waals surface area contributed by atoms with Crippen LogP contribution in [-0.4, -0.2) is 37.8 Å². The Kier molecular flexibility index (Phi) is 6.67. The minimum atomic E-state index is -0.405. The summed E-state index contributed by atoms with van der Waals surface area (Å²) in [5.41, 5.74) is 0.892. The Balaban J connectivity index is 0.00000162. The molecule has 0 amide bonds. The zero-order valence-corrected chi connectivity index (χ0v) is 12.2. The maximum absolute atomic E-state index is 13.2. The van der Waals surface area contributed by atoms with Crippen LogP contribution >= 0.6 is 35.6 Å². The van der Waals surface area contributed by atoms with Crippen LogP contribution in [0.15, 0.2) is 18.2 Å². The highest BCUT2D eigenvalue weighted by Crippen LogP contribution is 2.28. The smallest absolute Gasteiger partial charge is 0.109 e. The number of alkyl halides is 1. The van der Waals surface area contributed by atoms with Crippen molar-refractivity contribution >= 4 is 35.6 Å². The number of hydrogen-bond acceptors (Lipinski definition) is 2. The van der Waals surface area contributed by atoms with Gasteiger partial charge in [0.25, 0.3) is 0 Å². The van der Waals surface area contributed by atoms with Gasteiger partial charge < -0.3 is 5.32 Å². The van der Waals surface area contributed by atoms with E-state index in [1.165, 1.54) is 0 Å². The van der Waals surface area contributed by atoms with Gasteiger partial charge in [0.2, 0.25) is 0 Å². The Morgan fingerprint density at radius 3 is 2.44 bits per heavy atom. The summed E-state index contributed by atoms with van der Waals surface area (Å²) in [7, 11) is 0. The lowest BCUT2D eigenvalue weighted by Crippen LogP contribution is -2.45. The summed E-state index contributed by atoms with van der Waals surface area (Å²) in [6, 6.07) is 5.12. The van der Waals surface area contributed by atoms with Crippen molar-refractivity contribution in [1.82, 2.24) is 10.2 Å². The summed E-state index contributed by atoms with van der Waals surface area (Å²) in [5.74, 6) is 0. The van der Waals surface area contributed by atoms with Crippen molar-refractivity contribution in [1.29, 1.82) is 0 Å². The first kappa shape index (κ1) is 16.0. The van der Waals surface area contributed by atoms with Crippen molar-refractivity contribution in [3.8, 4) is 0 Å². The fourth-order valence-corrected chi connectivity index (χ4v) is 2.42. The lowest BCUT2D eigenvalue weighted by atomic mass is 10.1. The second kappa shape index (κ2) is 7.51. The van der Waals surface area contributed by atoms with E-state index in [9.17, 15) is 4.39 Å². The fourth-order valence-electron chi connectivity index (χ4n) is 2.11. The van der Waals surface area contributed by atoms with Gasteiger partial charge in [-0.1, -0.05) is 29.3 Å². The Morgan fingerprint density at radius 2 is 1.89 bits per heavy atom. The van der Waals surface area contributed by atoms with Crippen molar-refractivity contribution in [2.45, 2.75) is 6.04 Å². The lowest BCUT2D eigenvalue weighted by molar-refractivity contribution is 0.147. The number of hydrogen-bond donors (Lipinski definition) is 1. The highest BCUT2D eigenvalue weighted by atomic mass is 35.5. The molecule has 1 aromatic rings. The standard InChI is InChI=1S/C12H15Cl2FN2.ClH/c13-10-2-1-9(7-11(10)14)12(8-15)17-5-3-16-4-6-17;/h1-2,7,12,16H,3-6,8H2;1H/t12-;/m0./s1. The average Bonchev–Trinajstić information content (AvgIpc) is 2.36. The predicted octanol–water partition coefficient (Wildman–Crippen LogP) is 3.33. The molecule has 0 saturated carbocycles. The molecule has 0 spiro atoms. The van der Waals surface area contributed by atoms with Crippen molar-refractivity contribution in [3.05, 3.63) is 33.8 Å². The highest BCUT2D eigenvalue weighted by Gasteiger charge is 2.22. The minimum absolute atomic E-state index is 0. The van der Waals surface area contributed by atoms with Crippen LogP contribution in [-0.2, 0) is 0 Å². The summed E-state index contributed by atoms with van der Waals surface area (Å²) < 4.78 is 13.2.